The van der Waals surface area contributed by atoms with Gasteiger partial charge in [0.05, 0.1) is 12.2 Å². The number of hydrogen-bond acceptors (Lipinski definition) is 4. The maximum Gasteiger partial charge on any atom is 0.191 e. The lowest BCUT2D eigenvalue weighted by Gasteiger charge is -2.21. The molecule has 2 aromatic rings. The molecule has 5 nitrogen and oxygen atoms in total. The molecule has 1 atom stereocenters. The molecule has 2 heterocycles. The van der Waals surface area contributed by atoms with E-state index in [-0.39, 0.29) is 0 Å². The molecule has 1 aromatic heterocycles. The van der Waals surface area contributed by atoms with Crippen LogP contribution in [0.5, 0.6) is 0 Å². The first-order chi connectivity index (χ1) is 13.5. The lowest BCUT2D eigenvalue weighted by atomic mass is 10.1. The van der Waals surface area contributed by atoms with E-state index in [1.54, 1.807) is 11.3 Å². The molecule has 1 fully saturated rings. The Hall–Kier alpha value is -1.79. The minimum Gasteiger partial charge on any atom is -0.371 e. The maximum absolute atomic E-state index is 6.19. The second-order valence-electron chi connectivity index (χ2n) is 7.66. The van der Waals surface area contributed by atoms with Crippen molar-refractivity contribution in [3.63, 3.8) is 0 Å². The molecule has 0 aliphatic carbocycles. The third-order valence-corrected chi connectivity index (χ3v) is 6.25. The van der Waals surface area contributed by atoms with Gasteiger partial charge in [-0.1, -0.05) is 31.5 Å². The van der Waals surface area contributed by atoms with E-state index in [1.165, 1.54) is 17.7 Å². The smallest absolute Gasteiger partial charge is 0.191 e. The molecular weight excluding hydrogens is 390 g/mol. The van der Waals surface area contributed by atoms with E-state index >= 15 is 0 Å². The first-order valence-electron chi connectivity index (χ1n) is 9.86. The molecule has 0 bridgehead atoms. The first kappa shape index (κ1) is 20.9. The van der Waals surface area contributed by atoms with Gasteiger partial charge in [0.15, 0.2) is 5.96 Å². The average molecular weight is 420 g/mol. The molecule has 7 heteroatoms. The summed E-state index contributed by atoms with van der Waals surface area (Å²) in [6.07, 6.45) is 1.17. The molecule has 1 aliphatic rings. The summed E-state index contributed by atoms with van der Waals surface area (Å²) < 4.78 is 0. The van der Waals surface area contributed by atoms with Crippen molar-refractivity contribution < 1.29 is 0 Å². The van der Waals surface area contributed by atoms with Gasteiger partial charge in [0, 0.05) is 42.8 Å². The first-order valence-corrected chi connectivity index (χ1v) is 11.1. The van der Waals surface area contributed by atoms with E-state index in [0.29, 0.717) is 18.4 Å². The minimum absolute atomic E-state index is 0.468. The predicted octanol–water partition coefficient (Wildman–Crippen LogP) is 4.42. The molecule has 152 valence electrons. The van der Waals surface area contributed by atoms with Crippen LogP contribution in [0.15, 0.2) is 28.6 Å². The van der Waals surface area contributed by atoms with Crippen molar-refractivity contribution >= 4 is 34.6 Å². The van der Waals surface area contributed by atoms with Gasteiger partial charge in [-0.3, -0.25) is 4.99 Å². The molecule has 1 saturated heterocycles. The Bertz CT molecular complexity index is 817. The van der Waals surface area contributed by atoms with Crippen LogP contribution >= 0.6 is 22.9 Å². The minimum atomic E-state index is 0.468. The molecule has 0 saturated carbocycles. The Balaban J connectivity index is 1.47. The molecule has 0 spiro atoms. The predicted molar refractivity (Wildman–Crippen MR) is 121 cm³/mol. The molecule has 3 rings (SSSR count). The van der Waals surface area contributed by atoms with Crippen LogP contribution in [0.4, 0.5) is 5.69 Å². The number of nitrogens with one attached hydrogen (secondary N) is 2. The van der Waals surface area contributed by atoms with Gasteiger partial charge < -0.3 is 15.5 Å². The molecule has 0 radical (unpaired) electrons. The molecule has 2 N–H and O–H groups in total. The Labute approximate surface area is 177 Å². The van der Waals surface area contributed by atoms with Crippen LogP contribution in [-0.2, 0) is 6.54 Å². The highest BCUT2D eigenvalue weighted by Gasteiger charge is 2.24. The zero-order chi connectivity index (χ0) is 20.1. The van der Waals surface area contributed by atoms with Crippen molar-refractivity contribution in [1.82, 2.24) is 15.6 Å². The Morgan fingerprint density at radius 2 is 2.21 bits per heavy atom. The number of hydrogen-bond donors (Lipinski definition) is 2. The van der Waals surface area contributed by atoms with Gasteiger partial charge in [-0.05, 0) is 42.9 Å². The van der Waals surface area contributed by atoms with Crippen LogP contribution < -0.4 is 15.5 Å². The number of halogens is 1. The number of nitrogens with zero attached hydrogens (tertiary/aromatic N) is 3. The third-order valence-electron chi connectivity index (χ3n) is 5.15. The average Bonchev–Trinajstić information content (AvgIpc) is 3.33. The standard InChI is InChI=1S/C21H30ClN5S/c1-14(2)18-13-28-20(26-18)11-25-21(23-4)24-10-16-7-8-27(12-16)19-9-17(22)6-5-15(19)3/h5-6,9,13-14,16H,7-8,10-12H2,1-4H3,(H2,23,24,25). The number of aromatic nitrogens is 1. The van der Waals surface area contributed by atoms with Crippen molar-refractivity contribution in [3.05, 3.63) is 44.9 Å². The zero-order valence-corrected chi connectivity index (χ0v) is 18.7. The van der Waals surface area contributed by atoms with Crippen LogP contribution in [0.25, 0.3) is 0 Å². The largest absolute Gasteiger partial charge is 0.371 e. The fourth-order valence-corrected chi connectivity index (χ4v) is 4.50. The van der Waals surface area contributed by atoms with Gasteiger partial charge in [-0.2, -0.15) is 0 Å². The number of rotatable bonds is 6. The van der Waals surface area contributed by atoms with Gasteiger partial charge in [0.1, 0.15) is 5.01 Å². The number of guanidine groups is 1. The molecule has 0 amide bonds. The summed E-state index contributed by atoms with van der Waals surface area (Å²) >= 11 is 7.89. The Morgan fingerprint density at radius 3 is 2.93 bits per heavy atom. The zero-order valence-electron chi connectivity index (χ0n) is 17.1. The van der Waals surface area contributed by atoms with Crippen LogP contribution in [0.2, 0.25) is 5.02 Å². The summed E-state index contributed by atoms with van der Waals surface area (Å²) in [4.78, 5) is 11.5. The summed E-state index contributed by atoms with van der Waals surface area (Å²) in [5.41, 5.74) is 3.69. The highest BCUT2D eigenvalue weighted by Crippen LogP contribution is 2.29. The molecule has 1 aliphatic heterocycles. The summed E-state index contributed by atoms with van der Waals surface area (Å²) in [6, 6.07) is 6.13. The number of aryl methyl sites for hydroxylation is 1. The summed E-state index contributed by atoms with van der Waals surface area (Å²) in [5.74, 6) is 1.89. The molecule has 1 aromatic carbocycles. The molecular formula is C21H30ClN5S. The number of anilines is 1. The lowest BCUT2D eigenvalue weighted by Crippen LogP contribution is -2.40. The molecule has 28 heavy (non-hydrogen) atoms. The quantitative estimate of drug-likeness (QED) is 0.537. The van der Waals surface area contributed by atoms with Gasteiger partial charge in [-0.15, -0.1) is 11.3 Å². The normalized spacial score (nSPS) is 17.4. The maximum atomic E-state index is 6.19. The van der Waals surface area contributed by atoms with Crippen LogP contribution in [0.3, 0.4) is 0 Å². The number of thiazole rings is 1. The van der Waals surface area contributed by atoms with Gasteiger partial charge in [-0.25, -0.2) is 4.98 Å². The van der Waals surface area contributed by atoms with Crippen molar-refractivity contribution in [2.75, 3.05) is 31.6 Å². The second kappa shape index (κ2) is 9.61. The Kier molecular flexibility index (Phi) is 7.18. The second-order valence-corrected chi connectivity index (χ2v) is 9.04. The highest BCUT2D eigenvalue weighted by molar-refractivity contribution is 7.09. The van der Waals surface area contributed by atoms with Crippen LogP contribution in [0.1, 0.15) is 42.5 Å². The van der Waals surface area contributed by atoms with E-state index in [4.69, 9.17) is 11.6 Å². The van der Waals surface area contributed by atoms with Crippen molar-refractivity contribution in [2.45, 2.75) is 39.7 Å². The van der Waals surface area contributed by atoms with E-state index in [1.807, 2.05) is 13.1 Å². The number of aliphatic imine (C=N–C) groups is 1. The summed E-state index contributed by atoms with van der Waals surface area (Å²) in [6.45, 7) is 10.2. The lowest BCUT2D eigenvalue weighted by molar-refractivity contribution is 0.565. The van der Waals surface area contributed by atoms with E-state index in [2.05, 4.69) is 63.8 Å². The topological polar surface area (TPSA) is 52.6 Å². The van der Waals surface area contributed by atoms with Crippen molar-refractivity contribution in [1.29, 1.82) is 0 Å². The van der Waals surface area contributed by atoms with Crippen LogP contribution in [-0.4, -0.2) is 37.6 Å². The molecule has 1 unspecified atom stereocenters. The van der Waals surface area contributed by atoms with E-state index in [0.717, 1.165) is 41.3 Å². The SMILES string of the molecule is CN=C(NCc1nc(C(C)C)cs1)NCC1CCN(c2cc(Cl)ccc2C)C1. The third kappa shape index (κ3) is 5.39. The van der Waals surface area contributed by atoms with Gasteiger partial charge in [0.25, 0.3) is 0 Å². The van der Waals surface area contributed by atoms with E-state index in [9.17, 15) is 0 Å². The van der Waals surface area contributed by atoms with Crippen LogP contribution in [0, 0.1) is 12.8 Å². The van der Waals surface area contributed by atoms with E-state index < -0.39 is 0 Å². The number of benzene rings is 1. The monoisotopic (exact) mass is 419 g/mol. The fraction of sp³-hybridized carbons (Fsp3) is 0.524. The Morgan fingerprint density at radius 1 is 1.39 bits per heavy atom. The summed E-state index contributed by atoms with van der Waals surface area (Å²) in [5, 5.41) is 10.9. The van der Waals surface area contributed by atoms with Gasteiger partial charge in [0.2, 0.25) is 0 Å². The highest BCUT2D eigenvalue weighted by atomic mass is 35.5. The summed E-state index contributed by atoms with van der Waals surface area (Å²) in [7, 11) is 1.81. The van der Waals surface area contributed by atoms with Crippen molar-refractivity contribution in [2.24, 2.45) is 10.9 Å². The fourth-order valence-electron chi connectivity index (χ4n) is 3.43. The van der Waals surface area contributed by atoms with Gasteiger partial charge >= 0.3 is 0 Å². The van der Waals surface area contributed by atoms with Crippen molar-refractivity contribution in [3.8, 4) is 0 Å².